The Labute approximate surface area is 219 Å². The van der Waals surface area contributed by atoms with Gasteiger partial charge in [0, 0.05) is 23.7 Å². The first-order valence-electron chi connectivity index (χ1n) is 13.2. The quantitative estimate of drug-likeness (QED) is 0.219. The Hall–Kier alpha value is -3.41. The molecule has 0 spiro atoms. The Morgan fingerprint density at radius 1 is 1.03 bits per heavy atom. The van der Waals surface area contributed by atoms with Gasteiger partial charge in [-0.05, 0) is 36.8 Å². The van der Waals surface area contributed by atoms with Crippen LogP contribution >= 0.6 is 0 Å². The van der Waals surface area contributed by atoms with Crippen LogP contribution in [0, 0.1) is 17.3 Å². The SMILES string of the molecule is CCCCC(C)(C)[C@@H](C=C[C@@H]1[C@H]2CC(=O)O[C@H]2C[C@H]1OC(=O)c1ccccc1)OC(=O)c1ccccc1. The Morgan fingerprint density at radius 2 is 1.65 bits per heavy atom. The lowest BCUT2D eigenvalue weighted by molar-refractivity contribution is -0.141. The monoisotopic (exact) mass is 504 g/mol. The molecule has 0 unspecified atom stereocenters. The van der Waals surface area contributed by atoms with Crippen LogP contribution in [0.3, 0.4) is 0 Å². The van der Waals surface area contributed by atoms with Gasteiger partial charge in [-0.25, -0.2) is 9.59 Å². The zero-order valence-electron chi connectivity index (χ0n) is 21.8. The maximum absolute atomic E-state index is 13.0. The van der Waals surface area contributed by atoms with E-state index in [0.29, 0.717) is 17.5 Å². The molecule has 0 amide bonds. The number of carbonyl (C=O) groups is 3. The summed E-state index contributed by atoms with van der Waals surface area (Å²) < 4.78 is 17.5. The smallest absolute Gasteiger partial charge is 0.338 e. The molecule has 2 fully saturated rings. The van der Waals surface area contributed by atoms with E-state index in [2.05, 4.69) is 20.8 Å². The lowest BCUT2D eigenvalue weighted by atomic mass is 9.80. The average Bonchev–Trinajstić information content (AvgIpc) is 3.41. The molecule has 0 aromatic heterocycles. The fraction of sp³-hybridized carbons (Fsp3) is 0.452. The van der Waals surface area contributed by atoms with Gasteiger partial charge in [0.05, 0.1) is 17.5 Å². The van der Waals surface area contributed by atoms with Gasteiger partial charge in [0.1, 0.15) is 18.3 Å². The fourth-order valence-electron chi connectivity index (χ4n) is 5.29. The first-order chi connectivity index (χ1) is 17.8. The van der Waals surface area contributed by atoms with E-state index in [-0.39, 0.29) is 41.7 Å². The van der Waals surface area contributed by atoms with Gasteiger partial charge in [0.25, 0.3) is 0 Å². The molecule has 37 heavy (non-hydrogen) atoms. The fourth-order valence-corrected chi connectivity index (χ4v) is 5.29. The minimum absolute atomic E-state index is 0.0819. The molecule has 4 rings (SSSR count). The Bertz CT molecular complexity index is 1110. The predicted molar refractivity (Wildman–Crippen MR) is 140 cm³/mol. The molecule has 196 valence electrons. The second kappa shape index (κ2) is 11.8. The van der Waals surface area contributed by atoms with Crippen LogP contribution in [0.25, 0.3) is 0 Å². The molecular weight excluding hydrogens is 468 g/mol. The van der Waals surface area contributed by atoms with Gasteiger partial charge in [-0.15, -0.1) is 0 Å². The van der Waals surface area contributed by atoms with Crippen LogP contribution in [0.15, 0.2) is 72.8 Å². The van der Waals surface area contributed by atoms with Crippen molar-refractivity contribution in [3.8, 4) is 0 Å². The summed E-state index contributed by atoms with van der Waals surface area (Å²) in [6.45, 7) is 6.34. The van der Waals surface area contributed by atoms with Crippen molar-refractivity contribution in [2.45, 2.75) is 71.2 Å². The van der Waals surface area contributed by atoms with Crippen molar-refractivity contribution in [2.24, 2.45) is 17.3 Å². The summed E-state index contributed by atoms with van der Waals surface area (Å²) in [7, 11) is 0. The normalized spacial score (nSPS) is 23.9. The summed E-state index contributed by atoms with van der Waals surface area (Å²) in [6, 6.07) is 17.8. The molecule has 1 aliphatic carbocycles. The summed E-state index contributed by atoms with van der Waals surface area (Å²) >= 11 is 0. The van der Waals surface area contributed by atoms with Crippen molar-refractivity contribution < 1.29 is 28.6 Å². The van der Waals surface area contributed by atoms with Crippen molar-refractivity contribution in [3.05, 3.63) is 83.9 Å². The van der Waals surface area contributed by atoms with Crippen LogP contribution in [0.5, 0.6) is 0 Å². The summed E-state index contributed by atoms with van der Waals surface area (Å²) in [5.41, 5.74) is 0.667. The lowest BCUT2D eigenvalue weighted by Gasteiger charge is -2.32. The van der Waals surface area contributed by atoms with E-state index in [1.54, 1.807) is 36.4 Å². The van der Waals surface area contributed by atoms with E-state index in [4.69, 9.17) is 14.2 Å². The first-order valence-corrected chi connectivity index (χ1v) is 13.2. The molecule has 1 saturated carbocycles. The van der Waals surface area contributed by atoms with Gasteiger partial charge in [-0.1, -0.05) is 76.1 Å². The summed E-state index contributed by atoms with van der Waals surface area (Å²) in [6.07, 6.45) is 6.36. The third-order valence-corrected chi connectivity index (χ3v) is 7.52. The minimum Gasteiger partial charge on any atom is -0.462 e. The van der Waals surface area contributed by atoms with Crippen molar-refractivity contribution in [2.75, 3.05) is 0 Å². The number of rotatable bonds is 10. The maximum Gasteiger partial charge on any atom is 0.338 e. The minimum atomic E-state index is -0.491. The number of esters is 3. The van der Waals surface area contributed by atoms with Crippen LogP contribution < -0.4 is 0 Å². The molecule has 1 heterocycles. The van der Waals surface area contributed by atoms with Crippen molar-refractivity contribution in [3.63, 3.8) is 0 Å². The van der Waals surface area contributed by atoms with Crippen LogP contribution in [0.2, 0.25) is 0 Å². The summed E-state index contributed by atoms with van der Waals surface area (Å²) in [5.74, 6) is -1.30. The third kappa shape index (κ3) is 6.48. The van der Waals surface area contributed by atoms with Crippen molar-refractivity contribution in [1.82, 2.24) is 0 Å². The molecule has 0 bridgehead atoms. The number of hydrogen-bond acceptors (Lipinski definition) is 6. The van der Waals surface area contributed by atoms with Gasteiger partial charge < -0.3 is 14.2 Å². The maximum atomic E-state index is 13.0. The number of benzene rings is 2. The molecule has 2 aliphatic rings. The van der Waals surface area contributed by atoms with E-state index >= 15 is 0 Å². The second-order valence-corrected chi connectivity index (χ2v) is 10.7. The lowest BCUT2D eigenvalue weighted by Crippen LogP contribution is -2.33. The van der Waals surface area contributed by atoms with Crippen LogP contribution in [-0.4, -0.2) is 36.2 Å². The van der Waals surface area contributed by atoms with Crippen molar-refractivity contribution >= 4 is 17.9 Å². The summed E-state index contributed by atoms with van der Waals surface area (Å²) in [4.78, 5) is 37.8. The average molecular weight is 505 g/mol. The number of fused-ring (bicyclic) bond motifs is 1. The van der Waals surface area contributed by atoms with E-state index in [1.165, 1.54) is 0 Å². The number of carbonyl (C=O) groups excluding carboxylic acids is 3. The van der Waals surface area contributed by atoms with Gasteiger partial charge in [0.2, 0.25) is 0 Å². The second-order valence-electron chi connectivity index (χ2n) is 10.7. The summed E-state index contributed by atoms with van der Waals surface area (Å²) in [5, 5.41) is 0. The highest BCUT2D eigenvalue weighted by atomic mass is 16.6. The number of hydrogen-bond donors (Lipinski definition) is 0. The molecule has 2 aromatic carbocycles. The zero-order valence-corrected chi connectivity index (χ0v) is 21.8. The number of ether oxygens (including phenoxy) is 3. The Kier molecular flexibility index (Phi) is 8.47. The highest BCUT2D eigenvalue weighted by Gasteiger charge is 2.51. The topological polar surface area (TPSA) is 78.9 Å². The largest absolute Gasteiger partial charge is 0.462 e. The van der Waals surface area contributed by atoms with Gasteiger partial charge in [-0.2, -0.15) is 0 Å². The molecule has 0 N–H and O–H groups in total. The van der Waals surface area contributed by atoms with Crippen LogP contribution in [0.4, 0.5) is 0 Å². The van der Waals surface area contributed by atoms with Gasteiger partial charge in [0.15, 0.2) is 0 Å². The third-order valence-electron chi connectivity index (χ3n) is 7.52. The van der Waals surface area contributed by atoms with Crippen LogP contribution in [0.1, 0.15) is 73.6 Å². The highest BCUT2D eigenvalue weighted by molar-refractivity contribution is 5.90. The molecule has 1 aliphatic heterocycles. The number of unbranched alkanes of at least 4 members (excludes halogenated alkanes) is 1. The highest BCUT2D eigenvalue weighted by Crippen LogP contribution is 2.44. The molecular formula is C31H36O6. The van der Waals surface area contributed by atoms with E-state index < -0.39 is 18.2 Å². The Balaban J connectivity index is 1.57. The van der Waals surface area contributed by atoms with Gasteiger partial charge >= 0.3 is 17.9 Å². The van der Waals surface area contributed by atoms with Gasteiger partial charge in [-0.3, -0.25) is 4.79 Å². The molecule has 0 radical (unpaired) electrons. The van der Waals surface area contributed by atoms with Crippen molar-refractivity contribution in [1.29, 1.82) is 0 Å². The standard InChI is InChI=1S/C31H36O6/c1-4-5-18-31(2,3)27(37-30(34)22-14-10-7-11-15-22)17-16-23-24-19-28(32)35-26(24)20-25(23)36-29(33)21-12-8-6-9-13-21/h6-17,23-27H,4-5,18-20H2,1-3H3/t23-,24-,25-,26+,27-/m1/s1. The molecule has 5 atom stereocenters. The van der Waals surface area contributed by atoms with Crippen LogP contribution in [-0.2, 0) is 19.0 Å². The first kappa shape index (κ1) is 26.6. The molecule has 6 nitrogen and oxygen atoms in total. The molecule has 1 saturated heterocycles. The molecule has 2 aromatic rings. The Morgan fingerprint density at radius 3 is 2.27 bits per heavy atom. The van der Waals surface area contributed by atoms with E-state index in [1.807, 2.05) is 36.4 Å². The van der Waals surface area contributed by atoms with E-state index in [9.17, 15) is 14.4 Å². The molecule has 6 heteroatoms. The predicted octanol–water partition coefficient (Wildman–Crippen LogP) is 6.16. The zero-order chi connectivity index (χ0) is 26.4. The van der Waals surface area contributed by atoms with E-state index in [0.717, 1.165) is 19.3 Å².